The van der Waals surface area contributed by atoms with E-state index < -0.39 is 0 Å². The highest BCUT2D eigenvalue weighted by Gasteiger charge is 2.14. The maximum atomic E-state index is 12.1. The largest absolute Gasteiger partial charge is 0.494 e. The summed E-state index contributed by atoms with van der Waals surface area (Å²) in [6.45, 7) is 8.02. The maximum Gasteiger partial charge on any atom is 0.251 e. The lowest BCUT2D eigenvalue weighted by Gasteiger charge is -2.10. The van der Waals surface area contributed by atoms with Crippen molar-refractivity contribution in [1.29, 1.82) is 0 Å². The van der Waals surface area contributed by atoms with Crippen LogP contribution in [0.5, 0.6) is 5.75 Å². The van der Waals surface area contributed by atoms with Gasteiger partial charge in [-0.1, -0.05) is 13.8 Å². The number of carbonyl (C=O) groups excluding carboxylic acids is 1. The second kappa shape index (κ2) is 10.5. The van der Waals surface area contributed by atoms with Gasteiger partial charge in [0.2, 0.25) is 0 Å². The van der Waals surface area contributed by atoms with Gasteiger partial charge in [0.1, 0.15) is 5.75 Å². The maximum absolute atomic E-state index is 12.1. The van der Waals surface area contributed by atoms with E-state index in [4.69, 9.17) is 4.74 Å². The first-order valence-electron chi connectivity index (χ1n) is 8.37. The van der Waals surface area contributed by atoms with Crippen LogP contribution >= 0.6 is 12.4 Å². The third-order valence-electron chi connectivity index (χ3n) is 4.08. The Morgan fingerprint density at radius 1 is 1.35 bits per heavy atom. The van der Waals surface area contributed by atoms with Gasteiger partial charge in [0.25, 0.3) is 5.91 Å². The molecule has 23 heavy (non-hydrogen) atoms. The van der Waals surface area contributed by atoms with Crippen molar-refractivity contribution in [2.24, 2.45) is 11.8 Å². The van der Waals surface area contributed by atoms with E-state index in [1.165, 1.54) is 6.42 Å². The molecule has 130 valence electrons. The van der Waals surface area contributed by atoms with Crippen molar-refractivity contribution >= 4 is 18.3 Å². The molecule has 1 atom stereocenters. The second-order valence-electron chi connectivity index (χ2n) is 6.46. The Morgan fingerprint density at radius 3 is 2.70 bits per heavy atom. The van der Waals surface area contributed by atoms with E-state index in [9.17, 15) is 4.79 Å². The molecule has 1 amide bonds. The highest BCUT2D eigenvalue weighted by Crippen LogP contribution is 2.14. The molecule has 2 N–H and O–H groups in total. The molecule has 1 unspecified atom stereocenters. The Labute approximate surface area is 145 Å². The number of ether oxygens (including phenoxy) is 1. The summed E-state index contributed by atoms with van der Waals surface area (Å²) >= 11 is 0. The summed E-state index contributed by atoms with van der Waals surface area (Å²) in [7, 11) is 0. The molecular weight excluding hydrogens is 312 g/mol. The predicted octanol–water partition coefficient (Wildman–Crippen LogP) is 3.26. The van der Waals surface area contributed by atoms with E-state index in [0.717, 1.165) is 44.8 Å². The van der Waals surface area contributed by atoms with Crippen LogP contribution in [0, 0.1) is 11.8 Å². The fraction of sp³-hybridized carbons (Fsp3) is 0.611. The fourth-order valence-corrected chi connectivity index (χ4v) is 2.57. The monoisotopic (exact) mass is 340 g/mol. The minimum atomic E-state index is -0.000290. The van der Waals surface area contributed by atoms with Crippen LogP contribution in [0.1, 0.15) is 43.5 Å². The molecule has 1 fully saturated rings. The molecule has 1 aromatic rings. The van der Waals surface area contributed by atoms with Crippen molar-refractivity contribution in [3.05, 3.63) is 29.8 Å². The Bertz CT molecular complexity index is 457. The number of halogens is 1. The molecule has 5 heteroatoms. The van der Waals surface area contributed by atoms with E-state index in [1.807, 2.05) is 24.3 Å². The van der Waals surface area contributed by atoms with Crippen LogP contribution in [-0.4, -0.2) is 32.1 Å². The standard InChI is InChI=1S/C18H28N2O2.ClH/c1-14(2)9-12-22-17-5-3-16(4-6-17)18(21)20-11-8-15-7-10-19-13-15;/h3-6,14-15,19H,7-13H2,1-2H3,(H,20,21);1H. The van der Waals surface area contributed by atoms with E-state index in [2.05, 4.69) is 24.5 Å². The molecule has 1 saturated heterocycles. The smallest absolute Gasteiger partial charge is 0.251 e. The molecule has 0 bridgehead atoms. The lowest BCUT2D eigenvalue weighted by atomic mass is 10.1. The van der Waals surface area contributed by atoms with Gasteiger partial charge in [-0.15, -0.1) is 12.4 Å². The third-order valence-corrected chi connectivity index (χ3v) is 4.08. The third kappa shape index (κ3) is 7.23. The van der Waals surface area contributed by atoms with Crippen LogP contribution in [0.4, 0.5) is 0 Å². The van der Waals surface area contributed by atoms with Gasteiger partial charge in [-0.05, 0) is 68.5 Å². The first-order valence-corrected chi connectivity index (χ1v) is 8.37. The number of rotatable bonds is 8. The van der Waals surface area contributed by atoms with Crippen molar-refractivity contribution in [2.45, 2.75) is 33.1 Å². The lowest BCUT2D eigenvalue weighted by molar-refractivity contribution is 0.0951. The highest BCUT2D eigenvalue weighted by atomic mass is 35.5. The van der Waals surface area contributed by atoms with Gasteiger partial charge in [0.05, 0.1) is 6.61 Å². The normalized spacial score (nSPS) is 16.9. The quantitative estimate of drug-likeness (QED) is 0.763. The minimum Gasteiger partial charge on any atom is -0.494 e. The van der Waals surface area contributed by atoms with Crippen molar-refractivity contribution in [3.63, 3.8) is 0 Å². The average molecular weight is 341 g/mol. The number of carbonyl (C=O) groups is 1. The van der Waals surface area contributed by atoms with Crippen LogP contribution in [0.3, 0.4) is 0 Å². The Kier molecular flexibility index (Phi) is 9.03. The molecule has 0 spiro atoms. The molecule has 1 aliphatic rings. The van der Waals surface area contributed by atoms with Crippen molar-refractivity contribution in [1.82, 2.24) is 10.6 Å². The second-order valence-corrected chi connectivity index (χ2v) is 6.46. The molecule has 1 aliphatic heterocycles. The lowest BCUT2D eigenvalue weighted by Crippen LogP contribution is -2.26. The van der Waals surface area contributed by atoms with Gasteiger partial charge in [0, 0.05) is 12.1 Å². The number of hydrogen-bond donors (Lipinski definition) is 2. The highest BCUT2D eigenvalue weighted by molar-refractivity contribution is 5.94. The Morgan fingerprint density at radius 2 is 2.09 bits per heavy atom. The van der Waals surface area contributed by atoms with Gasteiger partial charge in [-0.3, -0.25) is 4.79 Å². The minimum absolute atomic E-state index is 0. The summed E-state index contributed by atoms with van der Waals surface area (Å²) in [6, 6.07) is 7.40. The van der Waals surface area contributed by atoms with E-state index in [0.29, 0.717) is 17.4 Å². The van der Waals surface area contributed by atoms with Gasteiger partial charge < -0.3 is 15.4 Å². The summed E-state index contributed by atoms with van der Waals surface area (Å²) in [4.78, 5) is 12.1. The van der Waals surface area contributed by atoms with E-state index in [1.54, 1.807) is 0 Å². The molecular formula is C18H29ClN2O2. The summed E-state index contributed by atoms with van der Waals surface area (Å²) in [5, 5.41) is 6.34. The van der Waals surface area contributed by atoms with E-state index >= 15 is 0 Å². The zero-order chi connectivity index (χ0) is 15.8. The Hall–Kier alpha value is -1.26. The van der Waals surface area contributed by atoms with Crippen LogP contribution < -0.4 is 15.4 Å². The van der Waals surface area contributed by atoms with Gasteiger partial charge in [-0.2, -0.15) is 0 Å². The first-order chi connectivity index (χ1) is 10.6. The number of amides is 1. The van der Waals surface area contributed by atoms with Crippen molar-refractivity contribution in [2.75, 3.05) is 26.2 Å². The van der Waals surface area contributed by atoms with Crippen molar-refractivity contribution < 1.29 is 9.53 Å². The van der Waals surface area contributed by atoms with Gasteiger partial charge in [0.15, 0.2) is 0 Å². The number of nitrogens with one attached hydrogen (secondary N) is 2. The molecule has 0 aromatic heterocycles. The fourth-order valence-electron chi connectivity index (χ4n) is 2.57. The molecule has 0 radical (unpaired) electrons. The molecule has 1 aromatic carbocycles. The zero-order valence-electron chi connectivity index (χ0n) is 14.1. The molecule has 1 heterocycles. The van der Waals surface area contributed by atoms with E-state index in [-0.39, 0.29) is 18.3 Å². The summed E-state index contributed by atoms with van der Waals surface area (Å²) in [6.07, 6.45) is 3.31. The van der Waals surface area contributed by atoms with Crippen LogP contribution in [0.25, 0.3) is 0 Å². The topological polar surface area (TPSA) is 50.4 Å². The predicted molar refractivity (Wildman–Crippen MR) is 96.6 cm³/mol. The molecule has 0 aliphatic carbocycles. The summed E-state index contributed by atoms with van der Waals surface area (Å²) < 4.78 is 5.66. The Balaban J connectivity index is 0.00000264. The zero-order valence-corrected chi connectivity index (χ0v) is 15.0. The van der Waals surface area contributed by atoms with Crippen LogP contribution in [0.2, 0.25) is 0 Å². The molecule has 4 nitrogen and oxygen atoms in total. The van der Waals surface area contributed by atoms with Gasteiger partial charge in [-0.25, -0.2) is 0 Å². The number of hydrogen-bond acceptors (Lipinski definition) is 3. The van der Waals surface area contributed by atoms with Gasteiger partial charge >= 0.3 is 0 Å². The van der Waals surface area contributed by atoms with Crippen molar-refractivity contribution in [3.8, 4) is 5.75 Å². The number of benzene rings is 1. The molecule has 2 rings (SSSR count). The average Bonchev–Trinajstić information content (AvgIpc) is 3.01. The summed E-state index contributed by atoms with van der Waals surface area (Å²) in [5.41, 5.74) is 0.695. The SMILES string of the molecule is CC(C)CCOc1ccc(C(=O)NCCC2CCNC2)cc1.Cl. The first kappa shape index (κ1) is 19.8. The van der Waals surface area contributed by atoms with Crippen LogP contribution in [-0.2, 0) is 0 Å². The van der Waals surface area contributed by atoms with Crippen LogP contribution in [0.15, 0.2) is 24.3 Å². The molecule has 0 saturated carbocycles. The summed E-state index contributed by atoms with van der Waals surface area (Å²) in [5.74, 6) is 2.17.